The van der Waals surface area contributed by atoms with Crippen LogP contribution in [0.2, 0.25) is 0 Å². The lowest BCUT2D eigenvalue weighted by Gasteiger charge is -2.54. The lowest BCUT2D eigenvalue weighted by Crippen LogP contribution is -2.61. The summed E-state index contributed by atoms with van der Waals surface area (Å²) in [5.74, 6) is -2.24. The molecule has 0 amide bonds. The molecule has 5 aliphatic carbocycles. The van der Waals surface area contributed by atoms with E-state index in [2.05, 4.69) is 97.1 Å². The predicted octanol–water partition coefficient (Wildman–Crippen LogP) is 13.4. The third-order valence-corrected chi connectivity index (χ3v) is 21.0. The summed E-state index contributed by atoms with van der Waals surface area (Å²) in [5, 5.41) is 81.0. The van der Waals surface area contributed by atoms with Crippen LogP contribution in [0.3, 0.4) is 0 Å². The number of hydrogen-bond donors (Lipinski definition) is 10. The number of dihydropyridines is 1. The molecule has 4 saturated carbocycles. The number of aliphatic carboxylic acids is 1. The van der Waals surface area contributed by atoms with Gasteiger partial charge in [-0.1, -0.05) is 145 Å². The molecule has 2 heterocycles. The number of nitrogens with two attached hydrogens (primary N) is 1. The second-order valence-corrected chi connectivity index (χ2v) is 26.3. The lowest BCUT2D eigenvalue weighted by atomic mass is 9.55. The van der Waals surface area contributed by atoms with Gasteiger partial charge in [-0.25, -0.2) is 0 Å². The number of H-pyrrole nitrogens is 1. The summed E-state index contributed by atoms with van der Waals surface area (Å²) in [6.07, 6.45) is 25.9. The van der Waals surface area contributed by atoms with Gasteiger partial charge in [0.2, 0.25) is 0 Å². The van der Waals surface area contributed by atoms with Crippen molar-refractivity contribution in [3.05, 3.63) is 131 Å². The molecule has 13 atom stereocenters. The number of aliphatic hydroxyl groups excluding tert-OH is 2. The molecule has 1 aromatic heterocycles. The van der Waals surface area contributed by atoms with Crippen LogP contribution >= 0.6 is 0 Å². The van der Waals surface area contributed by atoms with Crippen molar-refractivity contribution in [2.24, 2.45) is 59.0 Å². The molecule has 3 aromatic carbocycles. The number of allylic oxidation sites excluding steroid dienone is 3. The van der Waals surface area contributed by atoms with E-state index in [-0.39, 0.29) is 53.1 Å². The fraction of sp³-hybridized carbons (Fsp3) is 0.586. The molecule has 81 heavy (non-hydrogen) atoms. The van der Waals surface area contributed by atoms with Crippen LogP contribution in [-0.2, 0) is 11.2 Å². The van der Waals surface area contributed by atoms with Crippen molar-refractivity contribution in [1.82, 2.24) is 15.6 Å². The zero-order valence-electron chi connectivity index (χ0n) is 48.8. The van der Waals surface area contributed by atoms with Crippen LogP contribution in [0.1, 0.15) is 183 Å². The first-order valence-electron chi connectivity index (χ1n) is 31.7. The molecule has 11 nitrogen and oxygen atoms in total. The number of aliphatic hydroxyl groups is 3. The van der Waals surface area contributed by atoms with Gasteiger partial charge in [-0.05, 0) is 159 Å². The number of carboxylic acids is 1. The Morgan fingerprint density at radius 3 is 2.31 bits per heavy atom. The number of aromatic nitrogens is 1. The van der Waals surface area contributed by atoms with Crippen molar-refractivity contribution in [3.8, 4) is 33.9 Å². The van der Waals surface area contributed by atoms with Gasteiger partial charge >= 0.3 is 5.97 Å². The molecule has 1 aliphatic heterocycles. The minimum atomic E-state index is -1.27. The van der Waals surface area contributed by atoms with Gasteiger partial charge in [-0.15, -0.1) is 0 Å². The van der Waals surface area contributed by atoms with Gasteiger partial charge in [-0.3, -0.25) is 4.79 Å². The summed E-state index contributed by atoms with van der Waals surface area (Å²) in [6.45, 7) is 7.72. The monoisotopic (exact) mass is 1100 g/mol. The van der Waals surface area contributed by atoms with E-state index in [9.17, 15) is 35.4 Å². The Kier molecular flexibility index (Phi) is 19.3. The molecule has 4 fully saturated rings. The molecule has 0 radical (unpaired) electrons. The van der Waals surface area contributed by atoms with Crippen molar-refractivity contribution in [2.75, 3.05) is 13.1 Å². The lowest BCUT2D eigenvalue weighted by molar-refractivity contribution is -0.178. The standard InChI is InChI=1S/C70H96N4O7/c1-4-5-8-15-44-24-27-49(63(76)36-44)18-13-14-19-50-28-29-54(62-41-56(48-16-9-6-10-17-48)67(74-62)58-39-53(75)40-64(77)57(58)35-45-22-25-47(26-23-45)43(2)3)60-38-51(34-46-32-33-72-65(71)37-46)59-31-30-55(68(78)66(50)69(79)80)61(70(59,60)81)42-73-52-20-11-7-12-21-52/h6,9-10,16-17,22-27,32,37,39-41,43-44,49-52,54-55,59-61,63,66,68,72-78,81H,4-5,7-8,11-15,18-21,28-31,33-36,38,42,71H2,1-3H3,(H,79,80)/t44-,49-,50+,51-,54-,55-,59-,60+,61-,63-,66+,68+,70+/m1/s1. The molecule has 0 spiro atoms. The van der Waals surface area contributed by atoms with Crippen molar-refractivity contribution < 1.29 is 35.4 Å². The summed E-state index contributed by atoms with van der Waals surface area (Å²) < 4.78 is 0. The summed E-state index contributed by atoms with van der Waals surface area (Å²) in [7, 11) is 0. The molecular weight excluding hydrogens is 1010 g/mol. The zero-order chi connectivity index (χ0) is 56.8. The highest BCUT2D eigenvalue weighted by Crippen LogP contribution is 2.63. The van der Waals surface area contributed by atoms with E-state index in [4.69, 9.17) is 5.73 Å². The predicted molar refractivity (Wildman–Crippen MR) is 324 cm³/mol. The Balaban J connectivity index is 1.07. The van der Waals surface area contributed by atoms with E-state index in [0.29, 0.717) is 86.4 Å². The van der Waals surface area contributed by atoms with Gasteiger partial charge in [0, 0.05) is 71.8 Å². The first-order valence-corrected chi connectivity index (χ1v) is 31.7. The molecule has 6 aliphatic rings. The minimum Gasteiger partial charge on any atom is -0.508 e. The number of rotatable bonds is 21. The van der Waals surface area contributed by atoms with Crippen molar-refractivity contribution in [2.45, 2.75) is 191 Å². The number of carbonyl (C=O) groups is 1. The highest BCUT2D eigenvalue weighted by molar-refractivity contribution is 5.85. The van der Waals surface area contributed by atoms with Crippen LogP contribution in [0.5, 0.6) is 11.5 Å². The molecule has 11 heteroatoms. The molecular formula is C70H96N4O7. The van der Waals surface area contributed by atoms with Crippen LogP contribution in [0.25, 0.3) is 22.4 Å². The average molecular weight is 1110 g/mol. The summed E-state index contributed by atoms with van der Waals surface area (Å²) >= 11 is 0. The molecule has 2 bridgehead atoms. The highest BCUT2D eigenvalue weighted by atomic mass is 16.4. The number of aromatic amines is 1. The Bertz CT molecular complexity index is 2810. The third kappa shape index (κ3) is 13.2. The number of nitrogens with one attached hydrogen (secondary N) is 3. The average Bonchev–Trinajstić information content (AvgIpc) is 4.27. The molecule has 438 valence electrons. The van der Waals surface area contributed by atoms with Gasteiger partial charge < -0.3 is 52.0 Å². The number of aromatic hydroxyl groups is 2. The summed E-state index contributed by atoms with van der Waals surface area (Å²) in [6, 6.07) is 24.5. The van der Waals surface area contributed by atoms with Crippen molar-refractivity contribution in [1.29, 1.82) is 0 Å². The second kappa shape index (κ2) is 26.5. The van der Waals surface area contributed by atoms with E-state index in [1.165, 1.54) is 37.3 Å². The molecule has 11 N–H and O–H groups in total. The fourth-order valence-electron chi connectivity index (χ4n) is 16.7. The van der Waals surface area contributed by atoms with Gasteiger partial charge in [0.05, 0.1) is 35.2 Å². The van der Waals surface area contributed by atoms with E-state index in [1.807, 2.05) is 24.3 Å². The quantitative estimate of drug-likeness (QED) is 0.0282. The van der Waals surface area contributed by atoms with Gasteiger partial charge in [0.15, 0.2) is 0 Å². The second-order valence-electron chi connectivity index (χ2n) is 26.3. The van der Waals surface area contributed by atoms with Crippen LogP contribution in [0.4, 0.5) is 0 Å². The molecule has 4 aromatic rings. The number of carboxylic acid groups (broad SMARTS) is 1. The Labute approximate surface area is 483 Å². The van der Waals surface area contributed by atoms with Crippen LogP contribution in [0, 0.1) is 53.3 Å². The summed E-state index contributed by atoms with van der Waals surface area (Å²) in [5.41, 5.74) is 13.6. The SMILES string of the molecule is CCCCC[C@@H]1C=C[C@@H](CCCC[C@H]2CC[C@@H](c3cc(-c4ccccc4)c(-c4cc(O)cc(O)c4Cc4ccc(C(C)C)cc4)[nH]3)[C@@H]3C[C@@H](CC4=CCNC(N)=C4)[C@H]4CC[C@@H]([C@H](O)[C@H]2C(=O)O)[C@@H](CNC2CCCCC2)[C@]43O)[C@H](O)C1. The number of benzene rings is 3. The smallest absolute Gasteiger partial charge is 0.309 e. The molecule has 10 rings (SSSR count). The minimum absolute atomic E-state index is 0.00719. The van der Waals surface area contributed by atoms with Gasteiger partial charge in [-0.2, -0.15) is 0 Å². The third-order valence-electron chi connectivity index (χ3n) is 21.0. The summed E-state index contributed by atoms with van der Waals surface area (Å²) in [4.78, 5) is 18.1. The first-order chi connectivity index (χ1) is 39.2. The van der Waals surface area contributed by atoms with Crippen molar-refractivity contribution >= 4 is 5.97 Å². The van der Waals surface area contributed by atoms with Crippen LogP contribution < -0.4 is 16.4 Å². The number of fused-ring (bicyclic) bond motifs is 1. The molecule has 0 saturated heterocycles. The zero-order valence-corrected chi connectivity index (χ0v) is 48.8. The Hall–Kier alpha value is -5.33. The number of phenols is 2. The molecule has 0 unspecified atom stereocenters. The maximum Gasteiger partial charge on any atom is 0.309 e. The van der Waals surface area contributed by atoms with Crippen LogP contribution in [0.15, 0.2) is 108 Å². The Morgan fingerprint density at radius 2 is 1.58 bits per heavy atom. The van der Waals surface area contributed by atoms with Gasteiger partial charge in [0.25, 0.3) is 0 Å². The maximum atomic E-state index is 14.6. The number of hydrogen-bond acceptors (Lipinski definition) is 9. The highest BCUT2D eigenvalue weighted by Gasteiger charge is 2.65. The first kappa shape index (κ1) is 58.9. The maximum absolute atomic E-state index is 14.6. The van der Waals surface area contributed by atoms with E-state index in [0.717, 1.165) is 104 Å². The van der Waals surface area contributed by atoms with E-state index in [1.54, 1.807) is 6.07 Å². The van der Waals surface area contributed by atoms with Gasteiger partial charge in [0.1, 0.15) is 11.5 Å². The van der Waals surface area contributed by atoms with Crippen molar-refractivity contribution in [3.63, 3.8) is 0 Å². The topological polar surface area (TPSA) is 204 Å². The van der Waals surface area contributed by atoms with E-state index >= 15 is 0 Å². The fourth-order valence-corrected chi connectivity index (χ4v) is 16.7. The number of phenolic OH excluding ortho intramolecular Hbond substituents is 2. The largest absolute Gasteiger partial charge is 0.508 e. The van der Waals surface area contributed by atoms with Crippen LogP contribution in [-0.4, -0.2) is 78.5 Å². The number of unbranched alkanes of at least 4 members (excludes halogenated alkanes) is 3. The normalized spacial score (nSPS) is 30.7. The van der Waals surface area contributed by atoms with E-state index < -0.39 is 35.4 Å². The Morgan fingerprint density at radius 1 is 0.815 bits per heavy atom.